The minimum Gasteiger partial charge on any atom is -0.444 e. The molecule has 0 saturated carbocycles. The molecule has 6 nitrogen and oxygen atoms in total. The summed E-state index contributed by atoms with van der Waals surface area (Å²) in [6.07, 6.45) is 1.36. The molecule has 1 amide bonds. The average molecular weight is 336 g/mol. The van der Waals surface area contributed by atoms with Crippen molar-refractivity contribution in [3.63, 3.8) is 0 Å². The number of methoxy groups -OCH3 is 1. The summed E-state index contributed by atoms with van der Waals surface area (Å²) in [5.74, 6) is -0.0921. The molecule has 6 heteroatoms. The fraction of sp³-hybridized carbons (Fsp3) is 0.667. The van der Waals surface area contributed by atoms with Gasteiger partial charge >= 0.3 is 6.09 Å². The van der Waals surface area contributed by atoms with Gasteiger partial charge in [0.05, 0.1) is 19.3 Å². The van der Waals surface area contributed by atoms with Gasteiger partial charge in [0.25, 0.3) is 0 Å². The molecule has 0 spiro atoms. The highest BCUT2D eigenvalue weighted by Crippen LogP contribution is 2.36. The van der Waals surface area contributed by atoms with Crippen LogP contribution in [0.1, 0.15) is 46.2 Å². The van der Waals surface area contributed by atoms with E-state index in [1.165, 1.54) is 0 Å². The van der Waals surface area contributed by atoms with E-state index in [0.29, 0.717) is 13.2 Å². The lowest BCUT2D eigenvalue weighted by molar-refractivity contribution is -0.0640. The van der Waals surface area contributed by atoms with Gasteiger partial charge in [0.15, 0.2) is 0 Å². The van der Waals surface area contributed by atoms with E-state index in [-0.39, 0.29) is 18.1 Å². The van der Waals surface area contributed by atoms with Crippen LogP contribution in [-0.4, -0.2) is 53.7 Å². The van der Waals surface area contributed by atoms with Crippen LogP contribution in [0.4, 0.5) is 4.79 Å². The predicted octanol–water partition coefficient (Wildman–Crippen LogP) is 3.18. The third kappa shape index (κ3) is 4.24. The molecule has 1 aliphatic heterocycles. The molecule has 2 heterocycles. The molecule has 0 aromatic carbocycles. The van der Waals surface area contributed by atoms with Crippen LogP contribution in [0, 0.1) is 0 Å². The van der Waals surface area contributed by atoms with E-state index < -0.39 is 11.3 Å². The van der Waals surface area contributed by atoms with Crippen LogP contribution >= 0.6 is 0 Å². The zero-order chi connectivity index (χ0) is 18.0. The van der Waals surface area contributed by atoms with Gasteiger partial charge in [-0.15, -0.1) is 0 Å². The van der Waals surface area contributed by atoms with Gasteiger partial charge in [-0.25, -0.2) is 4.79 Å². The molecular formula is C18H28N2O4. The second-order valence-electron chi connectivity index (χ2n) is 7.49. The van der Waals surface area contributed by atoms with Gasteiger partial charge in [-0.3, -0.25) is 9.88 Å². The van der Waals surface area contributed by atoms with Crippen LogP contribution in [0.25, 0.3) is 0 Å². The van der Waals surface area contributed by atoms with Crippen molar-refractivity contribution in [2.45, 2.75) is 57.9 Å². The van der Waals surface area contributed by atoms with Gasteiger partial charge in [0.2, 0.25) is 0 Å². The molecule has 134 valence electrons. The molecule has 1 aromatic heterocycles. The number of aromatic nitrogens is 1. The number of hydrogen-bond acceptors (Lipinski definition) is 5. The number of amides is 1. The van der Waals surface area contributed by atoms with Crippen molar-refractivity contribution in [1.82, 2.24) is 9.88 Å². The molecule has 2 atom stereocenters. The molecule has 1 aliphatic rings. The van der Waals surface area contributed by atoms with Gasteiger partial charge in [0, 0.05) is 24.9 Å². The van der Waals surface area contributed by atoms with Gasteiger partial charge in [-0.05, 0) is 46.8 Å². The Morgan fingerprint density at radius 3 is 2.71 bits per heavy atom. The minimum absolute atomic E-state index is 0.0921. The maximum absolute atomic E-state index is 12.8. The maximum Gasteiger partial charge on any atom is 0.412 e. The first-order valence-electron chi connectivity index (χ1n) is 8.22. The summed E-state index contributed by atoms with van der Waals surface area (Å²) in [4.78, 5) is 18.9. The highest BCUT2D eigenvalue weighted by molar-refractivity contribution is 5.70. The Balaban J connectivity index is 2.32. The summed E-state index contributed by atoms with van der Waals surface area (Å²) in [6.45, 7) is 10.2. The van der Waals surface area contributed by atoms with E-state index in [0.717, 1.165) is 5.69 Å². The highest BCUT2D eigenvalue weighted by Gasteiger charge is 2.49. The average Bonchev–Trinajstić information content (AvgIpc) is 2.79. The Hall–Kier alpha value is -1.66. The zero-order valence-electron chi connectivity index (χ0n) is 15.4. The van der Waals surface area contributed by atoms with Crippen molar-refractivity contribution in [3.8, 4) is 0 Å². The molecule has 1 saturated heterocycles. The summed E-state index contributed by atoms with van der Waals surface area (Å²) in [5, 5.41) is 0. The van der Waals surface area contributed by atoms with Crippen LogP contribution in [0.2, 0.25) is 0 Å². The summed E-state index contributed by atoms with van der Waals surface area (Å²) >= 11 is 0. The van der Waals surface area contributed by atoms with Crippen molar-refractivity contribution < 1.29 is 19.0 Å². The van der Waals surface area contributed by atoms with Crippen LogP contribution in [0.5, 0.6) is 0 Å². The van der Waals surface area contributed by atoms with Crippen LogP contribution in [0.3, 0.4) is 0 Å². The number of pyridine rings is 1. The first kappa shape index (κ1) is 18.7. The van der Waals surface area contributed by atoms with E-state index >= 15 is 0 Å². The lowest BCUT2D eigenvalue weighted by Crippen LogP contribution is -2.52. The van der Waals surface area contributed by atoms with E-state index in [4.69, 9.17) is 14.2 Å². The zero-order valence-corrected chi connectivity index (χ0v) is 15.4. The maximum atomic E-state index is 12.8. The topological polar surface area (TPSA) is 60.9 Å². The fourth-order valence-electron chi connectivity index (χ4n) is 2.96. The first-order valence-corrected chi connectivity index (χ1v) is 8.22. The third-order valence-corrected chi connectivity index (χ3v) is 3.99. The molecule has 0 bridgehead atoms. The molecule has 1 unspecified atom stereocenters. The monoisotopic (exact) mass is 336 g/mol. The number of carbonyl (C=O) groups is 1. The summed E-state index contributed by atoms with van der Waals surface area (Å²) in [6, 6.07) is 5.55. The molecule has 0 aliphatic carbocycles. The summed E-state index contributed by atoms with van der Waals surface area (Å²) in [7, 11) is 1.65. The predicted molar refractivity (Wildman–Crippen MR) is 90.7 cm³/mol. The number of hydrogen-bond donors (Lipinski definition) is 0. The smallest absolute Gasteiger partial charge is 0.412 e. The molecule has 24 heavy (non-hydrogen) atoms. The third-order valence-electron chi connectivity index (χ3n) is 3.99. The summed E-state index contributed by atoms with van der Waals surface area (Å²) in [5.41, 5.74) is -0.435. The lowest BCUT2D eigenvalue weighted by atomic mass is 9.95. The number of carbonyl (C=O) groups excluding carboxylic acids is 1. The Labute approximate surface area is 144 Å². The number of ether oxygens (including phenoxy) is 3. The van der Waals surface area contributed by atoms with E-state index in [9.17, 15) is 4.79 Å². The quantitative estimate of drug-likeness (QED) is 0.845. The number of rotatable bonds is 4. The van der Waals surface area contributed by atoms with Crippen LogP contribution < -0.4 is 0 Å². The van der Waals surface area contributed by atoms with Crippen molar-refractivity contribution in [2.24, 2.45) is 0 Å². The molecule has 1 aromatic rings. The van der Waals surface area contributed by atoms with E-state index in [2.05, 4.69) is 4.98 Å². The number of nitrogens with zero attached hydrogens (tertiary/aromatic N) is 2. The SMILES string of the molecule is COCC(c1ccccn1)[C@@H]1COC(C)(C)N1C(=O)OC(C)(C)C. The van der Waals surface area contributed by atoms with Crippen molar-refractivity contribution in [2.75, 3.05) is 20.3 Å². The fourth-order valence-corrected chi connectivity index (χ4v) is 2.96. The van der Waals surface area contributed by atoms with Crippen molar-refractivity contribution in [1.29, 1.82) is 0 Å². The molecule has 0 N–H and O–H groups in total. The molecule has 0 radical (unpaired) electrons. The standard InChI is InChI=1S/C18H28N2O4/c1-17(2,3)24-16(21)20-15(12-23-18(20,4)5)13(11-22-6)14-9-7-8-10-19-14/h7-10,13,15H,11-12H2,1-6H3/t13?,15-/m0/s1. The Morgan fingerprint density at radius 1 is 1.46 bits per heavy atom. The Morgan fingerprint density at radius 2 is 2.17 bits per heavy atom. The largest absolute Gasteiger partial charge is 0.444 e. The van der Waals surface area contributed by atoms with Crippen molar-refractivity contribution >= 4 is 6.09 Å². The first-order chi connectivity index (χ1) is 11.2. The Bertz CT molecular complexity index is 554. The second kappa shape index (κ2) is 7.07. The molecular weight excluding hydrogens is 308 g/mol. The second-order valence-corrected chi connectivity index (χ2v) is 7.49. The van der Waals surface area contributed by atoms with Gasteiger partial charge < -0.3 is 14.2 Å². The van der Waals surface area contributed by atoms with E-state index in [1.54, 1.807) is 18.2 Å². The molecule has 2 rings (SSSR count). The Kier molecular flexibility index (Phi) is 5.50. The van der Waals surface area contributed by atoms with Gasteiger partial charge in [0.1, 0.15) is 11.3 Å². The van der Waals surface area contributed by atoms with Crippen LogP contribution in [-0.2, 0) is 14.2 Å². The minimum atomic E-state index is -0.742. The van der Waals surface area contributed by atoms with Gasteiger partial charge in [-0.2, -0.15) is 0 Å². The van der Waals surface area contributed by atoms with Gasteiger partial charge in [-0.1, -0.05) is 6.07 Å². The molecule has 1 fully saturated rings. The van der Waals surface area contributed by atoms with Crippen molar-refractivity contribution in [3.05, 3.63) is 30.1 Å². The van der Waals surface area contributed by atoms with Crippen LogP contribution in [0.15, 0.2) is 24.4 Å². The normalized spacial score (nSPS) is 21.6. The lowest BCUT2D eigenvalue weighted by Gasteiger charge is -2.37. The summed E-state index contributed by atoms with van der Waals surface area (Å²) < 4.78 is 16.9. The highest BCUT2D eigenvalue weighted by atomic mass is 16.6. The van der Waals surface area contributed by atoms with E-state index in [1.807, 2.05) is 52.8 Å².